The fourth-order valence-corrected chi connectivity index (χ4v) is 3.41. The van der Waals surface area contributed by atoms with Crippen molar-refractivity contribution < 1.29 is 9.53 Å². The van der Waals surface area contributed by atoms with Gasteiger partial charge in [-0.1, -0.05) is 11.6 Å². The molecule has 1 fully saturated rings. The van der Waals surface area contributed by atoms with E-state index in [0.717, 1.165) is 30.8 Å². The van der Waals surface area contributed by atoms with Gasteiger partial charge >= 0.3 is 6.03 Å². The van der Waals surface area contributed by atoms with Crippen LogP contribution in [-0.4, -0.2) is 43.1 Å². The van der Waals surface area contributed by atoms with Gasteiger partial charge in [0.15, 0.2) is 0 Å². The van der Waals surface area contributed by atoms with Crippen LogP contribution in [0.15, 0.2) is 12.1 Å². The number of hydrogen-bond donors (Lipinski definition) is 1. The average Bonchev–Trinajstić information content (AvgIpc) is 2.91. The number of benzene rings is 1. The zero-order valence-corrected chi connectivity index (χ0v) is 14.2. The third-order valence-corrected chi connectivity index (χ3v) is 4.91. The Bertz CT molecular complexity index is 525. The maximum Gasteiger partial charge on any atom is 0.321 e. The molecule has 116 valence electrons. The van der Waals surface area contributed by atoms with Crippen molar-refractivity contribution in [2.45, 2.75) is 13.3 Å². The molecular weight excluding hydrogens is 308 g/mol. The van der Waals surface area contributed by atoms with E-state index in [1.54, 1.807) is 13.2 Å². The highest BCUT2D eigenvalue weighted by Gasteiger charge is 2.26. The Morgan fingerprint density at radius 2 is 2.33 bits per heavy atom. The summed E-state index contributed by atoms with van der Waals surface area (Å²) in [5, 5.41) is 3.56. The van der Waals surface area contributed by atoms with Gasteiger partial charge in [-0.15, -0.1) is 0 Å². The van der Waals surface area contributed by atoms with Crippen LogP contribution in [0.5, 0.6) is 5.75 Å². The first-order valence-electron chi connectivity index (χ1n) is 6.94. The zero-order chi connectivity index (χ0) is 15.4. The highest BCUT2D eigenvalue weighted by Crippen LogP contribution is 2.31. The first-order valence-corrected chi connectivity index (χ1v) is 8.71. The number of carbonyl (C=O) groups excluding carboxylic acids is 1. The lowest BCUT2D eigenvalue weighted by molar-refractivity contribution is 0.221. The largest absolute Gasteiger partial charge is 0.495 e. The van der Waals surface area contributed by atoms with Crippen LogP contribution in [0, 0.1) is 12.8 Å². The van der Waals surface area contributed by atoms with Crippen molar-refractivity contribution in [1.29, 1.82) is 0 Å². The molecule has 4 nitrogen and oxygen atoms in total. The maximum atomic E-state index is 12.3. The fraction of sp³-hybridized carbons (Fsp3) is 0.533. The molecular formula is C15H21ClN2O2S. The Hall–Kier alpha value is -1.07. The van der Waals surface area contributed by atoms with Crippen LogP contribution >= 0.6 is 23.4 Å². The van der Waals surface area contributed by atoms with Gasteiger partial charge in [0.05, 0.1) is 12.8 Å². The number of carbonyl (C=O) groups is 1. The van der Waals surface area contributed by atoms with Crippen LogP contribution in [-0.2, 0) is 0 Å². The van der Waals surface area contributed by atoms with E-state index in [-0.39, 0.29) is 6.03 Å². The van der Waals surface area contributed by atoms with Gasteiger partial charge in [-0.25, -0.2) is 4.79 Å². The van der Waals surface area contributed by atoms with E-state index in [1.165, 1.54) is 0 Å². The van der Waals surface area contributed by atoms with Crippen molar-refractivity contribution >= 4 is 35.1 Å². The van der Waals surface area contributed by atoms with Gasteiger partial charge in [0.1, 0.15) is 5.75 Å². The van der Waals surface area contributed by atoms with E-state index >= 15 is 0 Å². The van der Waals surface area contributed by atoms with Crippen LogP contribution in [0.3, 0.4) is 0 Å². The van der Waals surface area contributed by atoms with E-state index in [4.69, 9.17) is 16.3 Å². The molecule has 2 rings (SSSR count). The standard InChI is InChI=1S/C15H21ClN2O2S/c1-10-6-13(14(20-2)7-12(10)16)17-15(19)18-5-4-11(8-18)9-21-3/h6-7,11H,4-5,8-9H2,1-3H3,(H,17,19). The summed E-state index contributed by atoms with van der Waals surface area (Å²) in [5.74, 6) is 2.28. The van der Waals surface area contributed by atoms with Crippen LogP contribution in [0.4, 0.5) is 10.5 Å². The van der Waals surface area contributed by atoms with Crippen molar-refractivity contribution in [2.75, 3.05) is 37.5 Å². The number of urea groups is 1. The van der Waals surface area contributed by atoms with Crippen LogP contribution < -0.4 is 10.1 Å². The molecule has 1 aromatic carbocycles. The van der Waals surface area contributed by atoms with Gasteiger partial charge in [0.2, 0.25) is 0 Å². The topological polar surface area (TPSA) is 41.6 Å². The molecule has 6 heteroatoms. The summed E-state index contributed by atoms with van der Waals surface area (Å²) in [6.45, 7) is 3.54. The van der Waals surface area contributed by atoms with Gasteiger partial charge in [-0.3, -0.25) is 0 Å². The number of aryl methyl sites for hydroxylation is 1. The SMILES string of the molecule is COc1cc(Cl)c(C)cc1NC(=O)N1CCC(CSC)C1. The summed E-state index contributed by atoms with van der Waals surface area (Å²) < 4.78 is 5.28. The van der Waals surface area contributed by atoms with Crippen LogP contribution in [0.2, 0.25) is 5.02 Å². The van der Waals surface area contributed by atoms with E-state index in [2.05, 4.69) is 11.6 Å². The lowest BCUT2D eigenvalue weighted by Gasteiger charge is -2.19. The Labute approximate surface area is 135 Å². The van der Waals surface area contributed by atoms with Crippen molar-refractivity contribution in [3.63, 3.8) is 0 Å². The summed E-state index contributed by atoms with van der Waals surface area (Å²) in [6.07, 6.45) is 3.18. The van der Waals surface area contributed by atoms with E-state index < -0.39 is 0 Å². The van der Waals surface area contributed by atoms with E-state index in [0.29, 0.717) is 22.4 Å². The molecule has 0 spiro atoms. The second kappa shape index (κ2) is 7.27. The number of ether oxygens (including phenoxy) is 1. The number of halogens is 1. The van der Waals surface area contributed by atoms with E-state index in [9.17, 15) is 4.79 Å². The number of rotatable bonds is 4. The molecule has 2 amide bonds. The van der Waals surface area contributed by atoms with Crippen molar-refractivity contribution in [3.8, 4) is 5.75 Å². The Morgan fingerprint density at radius 1 is 1.57 bits per heavy atom. The number of thioether (sulfide) groups is 1. The predicted molar refractivity (Wildman–Crippen MR) is 89.8 cm³/mol. The molecule has 1 aliphatic rings. The van der Waals surface area contributed by atoms with Crippen LogP contribution in [0.1, 0.15) is 12.0 Å². The van der Waals surface area contributed by atoms with Crippen molar-refractivity contribution in [1.82, 2.24) is 4.90 Å². The summed E-state index contributed by atoms with van der Waals surface area (Å²) in [4.78, 5) is 14.2. The van der Waals surface area contributed by atoms with Crippen molar-refractivity contribution in [3.05, 3.63) is 22.7 Å². The molecule has 0 bridgehead atoms. The number of anilines is 1. The lowest BCUT2D eigenvalue weighted by Crippen LogP contribution is -2.33. The number of nitrogens with one attached hydrogen (secondary N) is 1. The lowest BCUT2D eigenvalue weighted by atomic mass is 10.2. The summed E-state index contributed by atoms with van der Waals surface area (Å²) in [5.41, 5.74) is 1.58. The third kappa shape index (κ3) is 3.98. The van der Waals surface area contributed by atoms with E-state index in [1.807, 2.05) is 29.7 Å². The molecule has 1 saturated heterocycles. The summed E-state index contributed by atoms with van der Waals surface area (Å²) >= 11 is 7.91. The summed E-state index contributed by atoms with van der Waals surface area (Å²) in [7, 11) is 1.57. The maximum absolute atomic E-state index is 12.3. The number of likely N-dealkylation sites (tertiary alicyclic amines) is 1. The fourth-order valence-electron chi connectivity index (χ4n) is 2.51. The molecule has 1 atom stereocenters. The number of amides is 2. The second-order valence-corrected chi connectivity index (χ2v) is 6.61. The number of hydrogen-bond acceptors (Lipinski definition) is 3. The molecule has 0 aromatic heterocycles. The first-order chi connectivity index (χ1) is 10.0. The zero-order valence-electron chi connectivity index (χ0n) is 12.6. The monoisotopic (exact) mass is 328 g/mol. The minimum absolute atomic E-state index is 0.0707. The molecule has 0 aliphatic carbocycles. The Morgan fingerprint density at radius 3 is 3.00 bits per heavy atom. The molecule has 1 aromatic rings. The smallest absolute Gasteiger partial charge is 0.321 e. The van der Waals surface area contributed by atoms with Crippen molar-refractivity contribution in [2.24, 2.45) is 5.92 Å². The molecule has 1 heterocycles. The van der Waals surface area contributed by atoms with Gasteiger partial charge in [0, 0.05) is 24.2 Å². The molecule has 1 unspecified atom stereocenters. The Balaban J connectivity index is 2.05. The number of methoxy groups -OCH3 is 1. The minimum atomic E-state index is -0.0707. The third-order valence-electron chi connectivity index (χ3n) is 3.70. The quantitative estimate of drug-likeness (QED) is 0.912. The van der Waals surface area contributed by atoms with Gasteiger partial charge in [-0.05, 0) is 42.9 Å². The molecule has 0 saturated carbocycles. The van der Waals surface area contributed by atoms with Gasteiger partial charge in [-0.2, -0.15) is 11.8 Å². The molecule has 21 heavy (non-hydrogen) atoms. The Kier molecular flexibility index (Phi) is 5.65. The predicted octanol–water partition coefficient (Wildman–Crippen LogP) is 3.87. The molecule has 1 N–H and O–H groups in total. The minimum Gasteiger partial charge on any atom is -0.495 e. The van der Waals surface area contributed by atoms with Gasteiger partial charge < -0.3 is 15.0 Å². The van der Waals surface area contributed by atoms with Crippen LogP contribution in [0.25, 0.3) is 0 Å². The normalized spacial score (nSPS) is 17.9. The average molecular weight is 329 g/mol. The summed E-state index contributed by atoms with van der Waals surface area (Å²) in [6, 6.07) is 3.50. The molecule has 1 aliphatic heterocycles. The molecule has 0 radical (unpaired) electrons. The first kappa shape index (κ1) is 16.3. The number of nitrogens with zero attached hydrogens (tertiary/aromatic N) is 1. The highest BCUT2D eigenvalue weighted by molar-refractivity contribution is 7.98. The van der Waals surface area contributed by atoms with Gasteiger partial charge in [0.25, 0.3) is 0 Å². The highest BCUT2D eigenvalue weighted by atomic mass is 35.5. The second-order valence-electron chi connectivity index (χ2n) is 5.29.